The van der Waals surface area contributed by atoms with Crippen LogP contribution in [0, 0.1) is 0 Å². The Morgan fingerprint density at radius 1 is 1.24 bits per heavy atom. The SMILES string of the molecule is CC(C)c1nc(CCN=[N+]=[N-])n(Cc2cccnc2)c1Sc1cc(Cl)cc(Cl)c1. The second kappa shape index (κ2) is 10.0. The van der Waals surface area contributed by atoms with Crippen LogP contribution in [0.15, 0.2) is 57.8 Å². The molecule has 0 unspecified atom stereocenters. The van der Waals surface area contributed by atoms with Gasteiger partial charge in [0, 0.05) is 45.2 Å². The van der Waals surface area contributed by atoms with E-state index in [1.807, 2.05) is 30.5 Å². The fourth-order valence-corrected chi connectivity index (χ4v) is 4.82. The molecular weight excluding hydrogens is 427 g/mol. The van der Waals surface area contributed by atoms with Gasteiger partial charge in [-0.15, -0.1) is 0 Å². The fourth-order valence-electron chi connectivity index (χ4n) is 2.91. The van der Waals surface area contributed by atoms with Crippen LogP contribution in [0.3, 0.4) is 0 Å². The van der Waals surface area contributed by atoms with Crippen LogP contribution in [0.25, 0.3) is 10.4 Å². The normalized spacial score (nSPS) is 10.9. The first-order valence-corrected chi connectivity index (χ1v) is 10.7. The van der Waals surface area contributed by atoms with Crippen LogP contribution < -0.4 is 0 Å². The molecule has 0 aliphatic rings. The maximum atomic E-state index is 8.64. The van der Waals surface area contributed by atoms with Crippen LogP contribution >= 0.6 is 35.0 Å². The fraction of sp³-hybridized carbons (Fsp3) is 0.300. The number of halogens is 2. The average Bonchev–Trinajstić information content (AvgIpc) is 3.00. The molecular formula is C20H20Cl2N6S. The monoisotopic (exact) mass is 446 g/mol. The molecule has 0 aliphatic heterocycles. The van der Waals surface area contributed by atoms with Crippen molar-refractivity contribution in [2.24, 2.45) is 5.11 Å². The number of nitrogens with zero attached hydrogens (tertiary/aromatic N) is 6. The Hall–Kier alpha value is -2.18. The summed E-state index contributed by atoms with van der Waals surface area (Å²) in [6, 6.07) is 9.45. The molecule has 0 spiro atoms. The van der Waals surface area contributed by atoms with Gasteiger partial charge in [0.25, 0.3) is 0 Å². The molecule has 0 bridgehead atoms. The molecule has 0 atom stereocenters. The third kappa shape index (κ3) is 5.67. The molecule has 3 aromatic rings. The highest BCUT2D eigenvalue weighted by Gasteiger charge is 2.21. The van der Waals surface area contributed by atoms with Gasteiger partial charge in [0.1, 0.15) is 10.9 Å². The minimum Gasteiger partial charge on any atom is -0.318 e. The van der Waals surface area contributed by atoms with E-state index < -0.39 is 0 Å². The Labute approximate surface area is 183 Å². The lowest BCUT2D eigenvalue weighted by molar-refractivity contribution is 0.662. The molecule has 0 aliphatic carbocycles. The van der Waals surface area contributed by atoms with Gasteiger partial charge in [0.15, 0.2) is 0 Å². The van der Waals surface area contributed by atoms with Crippen molar-refractivity contribution in [1.82, 2.24) is 14.5 Å². The van der Waals surface area contributed by atoms with Crippen LogP contribution in [0.4, 0.5) is 0 Å². The minimum absolute atomic E-state index is 0.223. The van der Waals surface area contributed by atoms with Gasteiger partial charge < -0.3 is 4.57 Å². The molecule has 0 saturated heterocycles. The number of pyridine rings is 1. The van der Waals surface area contributed by atoms with Crippen molar-refractivity contribution in [3.05, 3.63) is 80.3 Å². The molecule has 0 N–H and O–H groups in total. The molecule has 1 aromatic carbocycles. The summed E-state index contributed by atoms with van der Waals surface area (Å²) in [5.41, 5.74) is 10.7. The summed E-state index contributed by atoms with van der Waals surface area (Å²) in [4.78, 5) is 12.9. The molecule has 6 nitrogen and oxygen atoms in total. The van der Waals surface area contributed by atoms with E-state index in [0.29, 0.717) is 29.6 Å². The molecule has 3 rings (SSSR count). The molecule has 0 fully saturated rings. The van der Waals surface area contributed by atoms with E-state index in [0.717, 1.165) is 27.0 Å². The summed E-state index contributed by atoms with van der Waals surface area (Å²) in [5.74, 6) is 1.10. The predicted octanol–water partition coefficient (Wildman–Crippen LogP) is 6.76. The molecule has 9 heteroatoms. The number of benzene rings is 1. The van der Waals surface area contributed by atoms with Crippen molar-refractivity contribution < 1.29 is 0 Å². The molecule has 150 valence electrons. The zero-order valence-corrected chi connectivity index (χ0v) is 18.4. The molecule has 2 aromatic heterocycles. The van der Waals surface area contributed by atoms with Crippen molar-refractivity contribution in [2.45, 2.75) is 42.7 Å². The first-order valence-electron chi connectivity index (χ1n) is 9.11. The van der Waals surface area contributed by atoms with Gasteiger partial charge in [-0.1, -0.05) is 60.0 Å². The van der Waals surface area contributed by atoms with Gasteiger partial charge in [0.05, 0.1) is 12.2 Å². The predicted molar refractivity (Wildman–Crippen MR) is 118 cm³/mol. The summed E-state index contributed by atoms with van der Waals surface area (Å²) in [6.07, 6.45) is 4.15. The van der Waals surface area contributed by atoms with Crippen LogP contribution in [-0.2, 0) is 13.0 Å². The van der Waals surface area contributed by atoms with Crippen LogP contribution in [0.2, 0.25) is 10.0 Å². The van der Waals surface area contributed by atoms with Crippen LogP contribution in [0.5, 0.6) is 0 Å². The van der Waals surface area contributed by atoms with Crippen molar-refractivity contribution in [3.63, 3.8) is 0 Å². The quantitative estimate of drug-likeness (QED) is 0.217. The number of hydrogen-bond acceptors (Lipinski definition) is 4. The molecule has 0 amide bonds. The Bertz CT molecular complexity index is 1010. The number of azide groups is 1. The van der Waals surface area contributed by atoms with E-state index >= 15 is 0 Å². The zero-order valence-electron chi connectivity index (χ0n) is 16.1. The Morgan fingerprint density at radius 2 is 2.00 bits per heavy atom. The molecule has 2 heterocycles. The minimum atomic E-state index is 0.223. The topological polar surface area (TPSA) is 79.5 Å². The average molecular weight is 447 g/mol. The highest BCUT2D eigenvalue weighted by atomic mass is 35.5. The lowest BCUT2D eigenvalue weighted by atomic mass is 10.1. The van der Waals surface area contributed by atoms with Gasteiger partial charge in [-0.3, -0.25) is 4.98 Å². The summed E-state index contributed by atoms with van der Waals surface area (Å²) < 4.78 is 2.17. The second-order valence-electron chi connectivity index (χ2n) is 6.73. The first-order chi connectivity index (χ1) is 14.0. The number of aromatic nitrogens is 3. The summed E-state index contributed by atoms with van der Waals surface area (Å²) in [7, 11) is 0. The van der Waals surface area contributed by atoms with E-state index in [-0.39, 0.29) is 5.92 Å². The summed E-state index contributed by atoms with van der Waals surface area (Å²) >= 11 is 14.0. The highest BCUT2D eigenvalue weighted by Crippen LogP contribution is 2.37. The number of hydrogen-bond donors (Lipinski definition) is 0. The maximum Gasteiger partial charge on any atom is 0.110 e. The van der Waals surface area contributed by atoms with E-state index in [1.165, 1.54) is 0 Å². The Morgan fingerprint density at radius 3 is 2.62 bits per heavy atom. The third-order valence-electron chi connectivity index (χ3n) is 4.18. The van der Waals surface area contributed by atoms with E-state index in [1.54, 1.807) is 24.0 Å². The zero-order chi connectivity index (χ0) is 20.8. The Balaban J connectivity index is 2.07. The highest BCUT2D eigenvalue weighted by molar-refractivity contribution is 7.99. The Kier molecular flexibility index (Phi) is 7.45. The van der Waals surface area contributed by atoms with E-state index in [4.69, 9.17) is 33.7 Å². The van der Waals surface area contributed by atoms with Gasteiger partial charge in [-0.05, 0) is 41.3 Å². The first kappa shape index (κ1) is 21.5. The summed E-state index contributed by atoms with van der Waals surface area (Å²) in [5, 5.41) is 5.89. The van der Waals surface area contributed by atoms with Gasteiger partial charge in [-0.2, -0.15) is 0 Å². The molecule has 0 saturated carbocycles. The van der Waals surface area contributed by atoms with E-state index in [9.17, 15) is 0 Å². The van der Waals surface area contributed by atoms with Gasteiger partial charge in [-0.25, -0.2) is 4.98 Å². The van der Waals surface area contributed by atoms with Crippen molar-refractivity contribution in [3.8, 4) is 0 Å². The lowest BCUT2D eigenvalue weighted by Crippen LogP contribution is -2.08. The number of rotatable bonds is 8. The lowest BCUT2D eigenvalue weighted by Gasteiger charge is -2.13. The molecule has 29 heavy (non-hydrogen) atoms. The standard InChI is InChI=1S/C20H20Cl2N6S/c1-13(2)19-20(29-17-9-15(21)8-16(22)10-17)28(12-14-4-3-6-24-11-14)18(26-19)5-7-25-27-23/h3-4,6,8-11,13H,5,7,12H2,1-2H3. The summed E-state index contributed by atoms with van der Waals surface area (Å²) in [6.45, 7) is 5.20. The van der Waals surface area contributed by atoms with Crippen molar-refractivity contribution in [2.75, 3.05) is 6.54 Å². The number of imidazole rings is 1. The van der Waals surface area contributed by atoms with E-state index in [2.05, 4.69) is 33.4 Å². The van der Waals surface area contributed by atoms with Crippen molar-refractivity contribution >= 4 is 35.0 Å². The van der Waals surface area contributed by atoms with Gasteiger partial charge in [0.2, 0.25) is 0 Å². The molecule has 0 radical (unpaired) electrons. The van der Waals surface area contributed by atoms with Gasteiger partial charge >= 0.3 is 0 Å². The maximum absolute atomic E-state index is 8.64. The van der Waals surface area contributed by atoms with Crippen molar-refractivity contribution in [1.29, 1.82) is 0 Å². The second-order valence-corrected chi connectivity index (χ2v) is 8.67. The smallest absolute Gasteiger partial charge is 0.110 e. The van der Waals surface area contributed by atoms with Crippen LogP contribution in [-0.4, -0.2) is 21.1 Å². The van der Waals surface area contributed by atoms with Crippen LogP contribution in [0.1, 0.15) is 36.8 Å². The third-order valence-corrected chi connectivity index (χ3v) is 5.72. The largest absolute Gasteiger partial charge is 0.318 e.